The van der Waals surface area contributed by atoms with Crippen molar-refractivity contribution in [3.05, 3.63) is 34.9 Å². The molecule has 0 saturated heterocycles. The minimum atomic E-state index is -0.376. The van der Waals surface area contributed by atoms with E-state index in [1.807, 2.05) is 13.8 Å². The van der Waals surface area contributed by atoms with Crippen LogP contribution in [-0.4, -0.2) is 23.5 Å². The molecule has 0 aliphatic heterocycles. The first-order chi connectivity index (χ1) is 9.79. The van der Waals surface area contributed by atoms with E-state index in [1.165, 1.54) is 23.6 Å². The SMILES string of the molecule is CC(=O)C(NC(=O)CSCc1cc(C)cc(C)c1)C(C)C. The topological polar surface area (TPSA) is 46.2 Å². The summed E-state index contributed by atoms with van der Waals surface area (Å²) in [5, 5.41) is 2.82. The van der Waals surface area contributed by atoms with Gasteiger partial charge in [0.05, 0.1) is 11.8 Å². The fourth-order valence-corrected chi connectivity index (χ4v) is 3.14. The largest absolute Gasteiger partial charge is 0.345 e. The maximum absolute atomic E-state index is 11.9. The van der Waals surface area contributed by atoms with Gasteiger partial charge in [0, 0.05) is 5.75 Å². The average Bonchev–Trinajstić information content (AvgIpc) is 2.34. The summed E-state index contributed by atoms with van der Waals surface area (Å²) < 4.78 is 0. The molecule has 0 fully saturated rings. The van der Waals surface area contributed by atoms with E-state index in [9.17, 15) is 9.59 Å². The number of Topliss-reactive ketones (excluding diaryl/α,β-unsaturated/α-hetero) is 1. The van der Waals surface area contributed by atoms with E-state index in [2.05, 4.69) is 37.4 Å². The molecule has 0 heterocycles. The number of nitrogens with one attached hydrogen (secondary N) is 1. The van der Waals surface area contributed by atoms with Crippen molar-refractivity contribution in [3.63, 3.8) is 0 Å². The van der Waals surface area contributed by atoms with E-state index >= 15 is 0 Å². The number of ketones is 1. The van der Waals surface area contributed by atoms with Crippen molar-refractivity contribution in [2.75, 3.05) is 5.75 Å². The summed E-state index contributed by atoms with van der Waals surface area (Å²) >= 11 is 1.57. The molecular formula is C17H25NO2S. The Morgan fingerprint density at radius 3 is 2.19 bits per heavy atom. The van der Waals surface area contributed by atoms with E-state index in [0.29, 0.717) is 5.75 Å². The molecule has 0 aromatic heterocycles. The Hall–Kier alpha value is -1.29. The smallest absolute Gasteiger partial charge is 0.230 e. The number of rotatable bonds is 7. The third-order valence-corrected chi connectivity index (χ3v) is 4.21. The third-order valence-electron chi connectivity index (χ3n) is 3.20. The van der Waals surface area contributed by atoms with Crippen LogP contribution in [0.2, 0.25) is 0 Å². The first-order valence-electron chi connectivity index (χ1n) is 7.24. The molecule has 0 aliphatic carbocycles. The van der Waals surface area contributed by atoms with Gasteiger partial charge >= 0.3 is 0 Å². The molecule has 0 spiro atoms. The first kappa shape index (κ1) is 17.8. The van der Waals surface area contributed by atoms with Gasteiger partial charge in [0.2, 0.25) is 5.91 Å². The van der Waals surface area contributed by atoms with Crippen LogP contribution in [0.5, 0.6) is 0 Å². The van der Waals surface area contributed by atoms with Crippen LogP contribution in [0.4, 0.5) is 0 Å². The molecule has 0 aliphatic rings. The van der Waals surface area contributed by atoms with Crippen molar-refractivity contribution in [2.24, 2.45) is 5.92 Å². The Morgan fingerprint density at radius 1 is 1.14 bits per heavy atom. The predicted octanol–water partition coefficient (Wildman–Crippen LogP) is 3.27. The maximum atomic E-state index is 11.9. The summed E-state index contributed by atoms with van der Waals surface area (Å²) in [5.41, 5.74) is 3.72. The second-order valence-electron chi connectivity index (χ2n) is 5.89. The summed E-state index contributed by atoms with van der Waals surface area (Å²) in [6.07, 6.45) is 0. The standard InChI is InChI=1S/C17H25NO2S/c1-11(2)17(14(5)19)18-16(20)10-21-9-15-7-12(3)6-13(4)8-15/h6-8,11,17H,9-10H2,1-5H3,(H,18,20). The normalized spacial score (nSPS) is 12.3. The Morgan fingerprint density at radius 2 is 1.71 bits per heavy atom. The highest BCUT2D eigenvalue weighted by Crippen LogP contribution is 2.16. The molecule has 0 radical (unpaired) electrons. The summed E-state index contributed by atoms with van der Waals surface area (Å²) in [6.45, 7) is 9.56. The third kappa shape index (κ3) is 6.34. The van der Waals surface area contributed by atoms with Gasteiger partial charge < -0.3 is 5.32 Å². The van der Waals surface area contributed by atoms with E-state index in [4.69, 9.17) is 0 Å². The number of hydrogen-bond donors (Lipinski definition) is 1. The van der Waals surface area contributed by atoms with Crippen molar-refractivity contribution in [3.8, 4) is 0 Å². The van der Waals surface area contributed by atoms with Gasteiger partial charge in [-0.3, -0.25) is 9.59 Å². The number of thioether (sulfide) groups is 1. The Kier molecular flexibility index (Phi) is 6.96. The lowest BCUT2D eigenvalue weighted by atomic mass is 10.0. The quantitative estimate of drug-likeness (QED) is 0.841. The monoisotopic (exact) mass is 307 g/mol. The highest BCUT2D eigenvalue weighted by Gasteiger charge is 2.20. The van der Waals surface area contributed by atoms with Crippen LogP contribution >= 0.6 is 11.8 Å². The lowest BCUT2D eigenvalue weighted by Crippen LogP contribution is -2.44. The van der Waals surface area contributed by atoms with Crippen LogP contribution in [0.25, 0.3) is 0 Å². The van der Waals surface area contributed by atoms with E-state index in [0.717, 1.165) is 5.75 Å². The molecule has 1 aromatic rings. The minimum absolute atomic E-state index is 0.0117. The molecule has 1 N–H and O–H groups in total. The predicted molar refractivity (Wildman–Crippen MR) is 89.5 cm³/mol. The molecule has 1 atom stereocenters. The lowest BCUT2D eigenvalue weighted by molar-refractivity contribution is -0.126. The summed E-state index contributed by atoms with van der Waals surface area (Å²) in [7, 11) is 0. The van der Waals surface area contributed by atoms with Crippen molar-refractivity contribution in [1.29, 1.82) is 0 Å². The van der Waals surface area contributed by atoms with Gasteiger partial charge in [0.15, 0.2) is 5.78 Å². The highest BCUT2D eigenvalue weighted by molar-refractivity contribution is 7.99. The van der Waals surface area contributed by atoms with Gasteiger partial charge in [-0.25, -0.2) is 0 Å². The Bertz CT molecular complexity index is 491. The van der Waals surface area contributed by atoms with E-state index < -0.39 is 0 Å². The number of amides is 1. The molecular weight excluding hydrogens is 282 g/mol. The van der Waals surface area contributed by atoms with Crippen LogP contribution in [0.3, 0.4) is 0 Å². The molecule has 3 nitrogen and oxygen atoms in total. The molecule has 21 heavy (non-hydrogen) atoms. The van der Waals surface area contributed by atoms with E-state index in [-0.39, 0.29) is 23.7 Å². The zero-order valence-electron chi connectivity index (χ0n) is 13.5. The van der Waals surface area contributed by atoms with Crippen molar-refractivity contribution >= 4 is 23.5 Å². The van der Waals surface area contributed by atoms with Crippen LogP contribution in [0, 0.1) is 19.8 Å². The van der Waals surface area contributed by atoms with Gasteiger partial charge in [-0.1, -0.05) is 43.2 Å². The Balaban J connectivity index is 2.44. The first-order valence-corrected chi connectivity index (χ1v) is 8.39. The minimum Gasteiger partial charge on any atom is -0.345 e. The maximum Gasteiger partial charge on any atom is 0.230 e. The summed E-state index contributed by atoms with van der Waals surface area (Å²) in [6, 6.07) is 6.05. The number of benzene rings is 1. The van der Waals surface area contributed by atoms with Crippen LogP contribution in [-0.2, 0) is 15.3 Å². The van der Waals surface area contributed by atoms with Gasteiger partial charge in [0.1, 0.15) is 0 Å². The number of hydrogen-bond acceptors (Lipinski definition) is 3. The second kappa shape index (κ2) is 8.23. The van der Waals surface area contributed by atoms with Gasteiger partial charge in [-0.05, 0) is 32.3 Å². The highest BCUT2D eigenvalue weighted by atomic mass is 32.2. The van der Waals surface area contributed by atoms with E-state index in [1.54, 1.807) is 11.8 Å². The van der Waals surface area contributed by atoms with Crippen molar-refractivity contribution in [2.45, 2.75) is 46.4 Å². The Labute approximate surface area is 131 Å². The second-order valence-corrected chi connectivity index (χ2v) is 6.87. The fourth-order valence-electron chi connectivity index (χ4n) is 2.37. The number of carbonyl (C=O) groups excluding carboxylic acids is 2. The molecule has 1 rings (SSSR count). The van der Waals surface area contributed by atoms with Crippen LogP contribution in [0.15, 0.2) is 18.2 Å². The molecule has 0 bridgehead atoms. The van der Waals surface area contributed by atoms with Crippen molar-refractivity contribution in [1.82, 2.24) is 5.32 Å². The molecule has 116 valence electrons. The zero-order valence-corrected chi connectivity index (χ0v) is 14.3. The number of carbonyl (C=O) groups is 2. The molecule has 1 unspecified atom stereocenters. The number of aryl methyl sites for hydroxylation is 2. The van der Waals surface area contributed by atoms with Gasteiger partial charge in [-0.2, -0.15) is 0 Å². The molecule has 4 heteroatoms. The molecule has 0 saturated carbocycles. The van der Waals surface area contributed by atoms with Crippen LogP contribution in [0.1, 0.15) is 37.5 Å². The lowest BCUT2D eigenvalue weighted by Gasteiger charge is -2.19. The molecule has 1 aromatic carbocycles. The summed E-state index contributed by atoms with van der Waals surface area (Å²) in [5.74, 6) is 1.25. The zero-order chi connectivity index (χ0) is 16.0. The van der Waals surface area contributed by atoms with Crippen molar-refractivity contribution < 1.29 is 9.59 Å². The van der Waals surface area contributed by atoms with Gasteiger partial charge in [0.25, 0.3) is 0 Å². The molecule has 1 amide bonds. The summed E-state index contributed by atoms with van der Waals surface area (Å²) in [4.78, 5) is 23.4. The fraction of sp³-hybridized carbons (Fsp3) is 0.529. The average molecular weight is 307 g/mol. The van der Waals surface area contributed by atoms with Crippen LogP contribution < -0.4 is 5.32 Å². The van der Waals surface area contributed by atoms with Gasteiger partial charge in [-0.15, -0.1) is 11.8 Å².